The molecule has 2 N–H and O–H groups in total. The lowest BCUT2D eigenvalue weighted by Gasteiger charge is -2.30. The summed E-state index contributed by atoms with van der Waals surface area (Å²) in [5.41, 5.74) is 5.83. The molecule has 1 atom stereocenters. The largest absolute Gasteiger partial charge is 0.472 e. The van der Waals surface area contributed by atoms with Gasteiger partial charge in [-0.1, -0.05) is 0 Å². The van der Waals surface area contributed by atoms with E-state index in [4.69, 9.17) is 15.2 Å². The molecule has 0 bridgehead atoms. The Balaban J connectivity index is 1.56. The number of nitrogens with zero attached hydrogens (tertiary/aromatic N) is 2. The second kappa shape index (κ2) is 6.95. The molecule has 1 aromatic rings. The molecule has 0 radical (unpaired) electrons. The summed E-state index contributed by atoms with van der Waals surface area (Å²) >= 11 is 0. The number of aromatic nitrogens is 1. The smallest absolute Gasteiger partial charge is 0.255 e. The van der Waals surface area contributed by atoms with Gasteiger partial charge in [0.25, 0.3) is 5.91 Å². The van der Waals surface area contributed by atoms with Crippen molar-refractivity contribution < 1.29 is 19.1 Å². The Hall–Kier alpha value is -2.15. The number of nitrogens with two attached hydrogens (primary N) is 1. The van der Waals surface area contributed by atoms with E-state index in [-0.39, 0.29) is 23.8 Å². The van der Waals surface area contributed by atoms with Crippen LogP contribution in [0.15, 0.2) is 18.3 Å². The van der Waals surface area contributed by atoms with E-state index in [1.54, 1.807) is 17.0 Å². The molecule has 2 aliphatic heterocycles. The van der Waals surface area contributed by atoms with Gasteiger partial charge >= 0.3 is 0 Å². The molecule has 7 heteroatoms. The molecule has 2 aliphatic rings. The van der Waals surface area contributed by atoms with E-state index in [0.29, 0.717) is 50.6 Å². The number of piperidine rings is 1. The fourth-order valence-corrected chi connectivity index (χ4v) is 2.90. The molecule has 0 unspecified atom stereocenters. The van der Waals surface area contributed by atoms with E-state index >= 15 is 0 Å². The number of ether oxygens (including phenoxy) is 2. The van der Waals surface area contributed by atoms with Crippen molar-refractivity contribution in [1.82, 2.24) is 9.88 Å². The van der Waals surface area contributed by atoms with Crippen LogP contribution in [0, 0.1) is 5.92 Å². The summed E-state index contributed by atoms with van der Waals surface area (Å²) in [7, 11) is 0. The number of carbonyl (C=O) groups excluding carboxylic acids is 2. The summed E-state index contributed by atoms with van der Waals surface area (Å²) in [5.74, 6) is 0.0263. The number of pyridine rings is 1. The average Bonchev–Trinajstić information content (AvgIpc) is 3.08. The van der Waals surface area contributed by atoms with Crippen molar-refractivity contribution in [3.05, 3.63) is 23.9 Å². The van der Waals surface area contributed by atoms with Gasteiger partial charge in [-0.25, -0.2) is 4.98 Å². The maximum Gasteiger partial charge on any atom is 0.255 e. The van der Waals surface area contributed by atoms with Gasteiger partial charge in [0.1, 0.15) is 6.10 Å². The molecule has 23 heavy (non-hydrogen) atoms. The molecule has 0 spiro atoms. The molecular formula is C16H21N3O4. The van der Waals surface area contributed by atoms with Crippen LogP contribution in [0.1, 0.15) is 29.6 Å². The molecule has 1 aromatic heterocycles. The van der Waals surface area contributed by atoms with Crippen LogP contribution in [0.3, 0.4) is 0 Å². The van der Waals surface area contributed by atoms with Crippen LogP contribution < -0.4 is 10.5 Å². The molecule has 2 amide bonds. The number of likely N-dealkylation sites (tertiary alicyclic amines) is 1. The van der Waals surface area contributed by atoms with E-state index in [1.165, 1.54) is 6.20 Å². The maximum absolute atomic E-state index is 12.4. The lowest BCUT2D eigenvalue weighted by atomic mass is 9.96. The summed E-state index contributed by atoms with van der Waals surface area (Å²) < 4.78 is 10.9. The molecule has 3 heterocycles. The fourth-order valence-electron chi connectivity index (χ4n) is 2.90. The van der Waals surface area contributed by atoms with Gasteiger partial charge in [0, 0.05) is 37.7 Å². The van der Waals surface area contributed by atoms with Crippen molar-refractivity contribution in [3.63, 3.8) is 0 Å². The third-order valence-corrected chi connectivity index (χ3v) is 4.34. The Kier molecular flexibility index (Phi) is 4.76. The monoisotopic (exact) mass is 319 g/mol. The topological polar surface area (TPSA) is 94.8 Å². The Labute approximate surface area is 134 Å². The van der Waals surface area contributed by atoms with E-state index in [2.05, 4.69) is 4.98 Å². The zero-order valence-electron chi connectivity index (χ0n) is 12.9. The minimum absolute atomic E-state index is 0.0388. The van der Waals surface area contributed by atoms with Gasteiger partial charge in [-0.2, -0.15) is 0 Å². The Bertz CT molecular complexity index is 561. The Morgan fingerprint density at radius 3 is 2.61 bits per heavy atom. The summed E-state index contributed by atoms with van der Waals surface area (Å²) in [5, 5.41) is 0. The SMILES string of the molecule is NC(=O)C1CCN(C(=O)c2ccc(O[C@H]3CCOC3)nc2)CC1. The predicted octanol–water partition coefficient (Wildman–Crippen LogP) is 0.587. The van der Waals surface area contributed by atoms with Crippen molar-refractivity contribution in [1.29, 1.82) is 0 Å². The highest BCUT2D eigenvalue weighted by Crippen LogP contribution is 2.20. The highest BCUT2D eigenvalue weighted by molar-refractivity contribution is 5.94. The third-order valence-electron chi connectivity index (χ3n) is 4.34. The van der Waals surface area contributed by atoms with Crippen LogP contribution in [-0.4, -0.2) is 54.1 Å². The van der Waals surface area contributed by atoms with E-state index in [9.17, 15) is 9.59 Å². The predicted molar refractivity (Wildman–Crippen MR) is 81.9 cm³/mol. The average molecular weight is 319 g/mol. The van der Waals surface area contributed by atoms with Gasteiger partial charge in [-0.15, -0.1) is 0 Å². The molecule has 7 nitrogen and oxygen atoms in total. The summed E-state index contributed by atoms with van der Waals surface area (Å²) in [6.07, 6.45) is 3.68. The number of hydrogen-bond donors (Lipinski definition) is 1. The highest BCUT2D eigenvalue weighted by atomic mass is 16.5. The van der Waals surface area contributed by atoms with E-state index in [0.717, 1.165) is 6.42 Å². The second-order valence-corrected chi connectivity index (χ2v) is 5.96. The van der Waals surface area contributed by atoms with Gasteiger partial charge in [0.05, 0.1) is 18.8 Å². The molecular weight excluding hydrogens is 298 g/mol. The summed E-state index contributed by atoms with van der Waals surface area (Å²) in [6, 6.07) is 3.43. The number of carbonyl (C=O) groups is 2. The maximum atomic E-state index is 12.4. The fraction of sp³-hybridized carbons (Fsp3) is 0.562. The molecule has 0 saturated carbocycles. The lowest BCUT2D eigenvalue weighted by molar-refractivity contribution is -0.123. The first-order chi connectivity index (χ1) is 11.1. The third kappa shape index (κ3) is 3.79. The molecule has 2 saturated heterocycles. The van der Waals surface area contributed by atoms with Gasteiger partial charge in [-0.3, -0.25) is 9.59 Å². The van der Waals surface area contributed by atoms with Gasteiger partial charge in [0.15, 0.2) is 0 Å². The Morgan fingerprint density at radius 2 is 2.04 bits per heavy atom. The zero-order valence-corrected chi connectivity index (χ0v) is 12.9. The first kappa shape index (κ1) is 15.7. The lowest BCUT2D eigenvalue weighted by Crippen LogP contribution is -2.41. The number of hydrogen-bond acceptors (Lipinski definition) is 5. The van der Waals surface area contributed by atoms with E-state index < -0.39 is 0 Å². The molecule has 124 valence electrons. The standard InChI is InChI=1S/C16H21N3O4/c17-15(20)11-3-6-19(7-4-11)16(21)12-1-2-14(18-9-12)23-13-5-8-22-10-13/h1-2,9,11,13H,3-8,10H2,(H2,17,20)/t13-/m0/s1. The zero-order chi connectivity index (χ0) is 16.2. The summed E-state index contributed by atoms with van der Waals surface area (Å²) in [4.78, 5) is 29.5. The highest BCUT2D eigenvalue weighted by Gasteiger charge is 2.26. The first-order valence-electron chi connectivity index (χ1n) is 7.92. The number of primary amides is 1. The molecule has 0 aromatic carbocycles. The van der Waals surface area contributed by atoms with Crippen molar-refractivity contribution in [2.24, 2.45) is 11.7 Å². The van der Waals surface area contributed by atoms with Crippen molar-refractivity contribution >= 4 is 11.8 Å². The number of rotatable bonds is 4. The molecule has 3 rings (SSSR count). The molecule has 0 aliphatic carbocycles. The van der Waals surface area contributed by atoms with Crippen LogP contribution in [0.2, 0.25) is 0 Å². The molecule has 2 fully saturated rings. The van der Waals surface area contributed by atoms with Crippen molar-refractivity contribution in [3.8, 4) is 5.88 Å². The van der Waals surface area contributed by atoms with Crippen LogP contribution in [0.25, 0.3) is 0 Å². The van der Waals surface area contributed by atoms with Crippen LogP contribution >= 0.6 is 0 Å². The quantitative estimate of drug-likeness (QED) is 0.876. The first-order valence-corrected chi connectivity index (χ1v) is 7.92. The Morgan fingerprint density at radius 1 is 1.26 bits per heavy atom. The van der Waals surface area contributed by atoms with E-state index in [1.807, 2.05) is 0 Å². The minimum Gasteiger partial charge on any atom is -0.472 e. The van der Waals surface area contributed by atoms with Crippen LogP contribution in [0.4, 0.5) is 0 Å². The van der Waals surface area contributed by atoms with Crippen LogP contribution in [0.5, 0.6) is 5.88 Å². The van der Waals surface area contributed by atoms with Crippen molar-refractivity contribution in [2.75, 3.05) is 26.3 Å². The van der Waals surface area contributed by atoms with Gasteiger partial charge < -0.3 is 20.1 Å². The van der Waals surface area contributed by atoms with Crippen molar-refractivity contribution in [2.45, 2.75) is 25.4 Å². The summed E-state index contributed by atoms with van der Waals surface area (Å²) in [6.45, 7) is 2.38. The second-order valence-electron chi connectivity index (χ2n) is 5.96. The minimum atomic E-state index is -0.281. The number of amides is 2. The van der Waals surface area contributed by atoms with Gasteiger partial charge in [0.2, 0.25) is 11.8 Å². The van der Waals surface area contributed by atoms with Gasteiger partial charge in [-0.05, 0) is 18.9 Å². The van der Waals surface area contributed by atoms with Crippen LogP contribution in [-0.2, 0) is 9.53 Å². The normalized spacial score (nSPS) is 22.1.